The number of hydrogen-bond acceptors (Lipinski definition) is 1. The first kappa shape index (κ1) is 9.58. The summed E-state index contributed by atoms with van der Waals surface area (Å²) in [7, 11) is -1.87. The van der Waals surface area contributed by atoms with E-state index in [1.807, 2.05) is 0 Å². The van der Waals surface area contributed by atoms with E-state index in [0.717, 1.165) is 0 Å². The first-order valence-electron chi connectivity index (χ1n) is 0.830. The third-order valence-electron chi connectivity index (χ3n) is 0. The second kappa shape index (κ2) is 5.32. The normalized spacial score (nSPS) is 8.80. The van der Waals surface area contributed by atoms with Crippen molar-refractivity contribution in [2.75, 3.05) is 6.66 Å². The van der Waals surface area contributed by atoms with E-state index in [1.165, 1.54) is 6.66 Å². The summed E-state index contributed by atoms with van der Waals surface area (Å²) in [5.41, 5.74) is 0. The van der Waals surface area contributed by atoms with Gasteiger partial charge in [-0.05, 0) is 4.57 Å². The van der Waals surface area contributed by atoms with E-state index in [4.69, 9.17) is 9.46 Å². The molecule has 0 rings (SSSR count). The molecule has 5 heavy (non-hydrogen) atoms. The van der Waals surface area contributed by atoms with E-state index in [0.29, 0.717) is 0 Å². The van der Waals surface area contributed by atoms with Gasteiger partial charge in [0.1, 0.15) is 0 Å². The van der Waals surface area contributed by atoms with Gasteiger partial charge in [0.25, 0.3) is 0 Å². The van der Waals surface area contributed by atoms with Gasteiger partial charge in [-0.25, -0.2) is 0 Å². The summed E-state index contributed by atoms with van der Waals surface area (Å²) in [4.78, 5) is 7.56. The van der Waals surface area contributed by atoms with Gasteiger partial charge in [-0.1, -0.05) is 0 Å². The molecular weight excluding hydrogens is 115 g/mol. The predicted octanol–water partition coefficient (Wildman–Crippen LogP) is -0.0299. The molecule has 26 valence electrons. The molecule has 0 spiro atoms. The monoisotopic (exact) mass is 119 g/mol. The van der Waals surface area contributed by atoms with Crippen molar-refractivity contribution in [2.24, 2.45) is 0 Å². The van der Waals surface area contributed by atoms with Crippen LogP contribution in [-0.4, -0.2) is 49.3 Å². The molecule has 1 N–H and O–H groups in total. The number of rotatable bonds is 0. The minimum absolute atomic E-state index is 0. The molecule has 0 aliphatic carbocycles. The van der Waals surface area contributed by atoms with Crippen LogP contribution in [0.2, 0.25) is 0 Å². The molecule has 0 amide bonds. The Hall–Kier alpha value is 1.32. The van der Waals surface area contributed by atoms with Gasteiger partial charge in [-0.15, -0.1) is 0 Å². The van der Waals surface area contributed by atoms with Crippen LogP contribution in [0.1, 0.15) is 0 Å². The minimum Gasteiger partial charge on any atom is -0.161 e. The van der Waals surface area contributed by atoms with E-state index < -0.39 is 8.03 Å². The molecule has 0 bridgehead atoms. The van der Waals surface area contributed by atoms with Crippen LogP contribution >= 0.6 is 8.03 Å². The molecular formula is CH4CaO2P+. The van der Waals surface area contributed by atoms with E-state index in [1.54, 1.807) is 0 Å². The van der Waals surface area contributed by atoms with Crippen molar-refractivity contribution in [1.82, 2.24) is 0 Å². The Morgan fingerprint density at radius 3 is 1.80 bits per heavy atom. The fourth-order valence-electron chi connectivity index (χ4n) is 0. The fraction of sp³-hybridized carbons (Fsp3) is 1.00. The Balaban J connectivity index is 0. The molecule has 0 aromatic rings. The van der Waals surface area contributed by atoms with Crippen molar-refractivity contribution < 1.29 is 9.46 Å². The smallest absolute Gasteiger partial charge is 0.161 e. The van der Waals surface area contributed by atoms with Crippen molar-refractivity contribution in [2.45, 2.75) is 0 Å². The summed E-state index contributed by atoms with van der Waals surface area (Å²) < 4.78 is 9.15. The Kier molecular flexibility index (Phi) is 10.2. The van der Waals surface area contributed by atoms with Crippen LogP contribution < -0.4 is 0 Å². The van der Waals surface area contributed by atoms with E-state index in [9.17, 15) is 0 Å². The Bertz CT molecular complexity index is 32.6. The molecule has 0 aromatic heterocycles. The summed E-state index contributed by atoms with van der Waals surface area (Å²) in [6.07, 6.45) is 0. The summed E-state index contributed by atoms with van der Waals surface area (Å²) in [5, 5.41) is 0. The molecule has 2 nitrogen and oxygen atoms in total. The van der Waals surface area contributed by atoms with Gasteiger partial charge in [-0.2, -0.15) is 4.89 Å². The molecule has 1 unspecified atom stereocenters. The van der Waals surface area contributed by atoms with Crippen LogP contribution in [-0.2, 0) is 4.57 Å². The van der Waals surface area contributed by atoms with Crippen molar-refractivity contribution in [3.05, 3.63) is 0 Å². The largest absolute Gasteiger partial charge is 0.502 e. The maximum Gasteiger partial charge on any atom is 0.502 e. The maximum absolute atomic E-state index is 9.15. The minimum atomic E-state index is -1.87. The molecule has 0 aliphatic heterocycles. The second-order valence-electron chi connectivity index (χ2n) is 0.464. The average molecular weight is 119 g/mol. The van der Waals surface area contributed by atoms with Gasteiger partial charge in [0.15, 0.2) is 6.66 Å². The zero-order valence-electron chi connectivity index (χ0n) is 3.01. The summed E-state index contributed by atoms with van der Waals surface area (Å²) >= 11 is 0. The van der Waals surface area contributed by atoms with Crippen LogP contribution in [0.3, 0.4) is 0 Å². The van der Waals surface area contributed by atoms with Gasteiger partial charge in [0, 0.05) is 37.7 Å². The molecule has 0 fully saturated rings. The quantitative estimate of drug-likeness (QED) is 0.359. The van der Waals surface area contributed by atoms with Gasteiger partial charge in [0.2, 0.25) is 0 Å². The van der Waals surface area contributed by atoms with Crippen LogP contribution in [0.4, 0.5) is 0 Å². The van der Waals surface area contributed by atoms with Crippen LogP contribution in [0.15, 0.2) is 0 Å². The van der Waals surface area contributed by atoms with Crippen molar-refractivity contribution in [3.63, 3.8) is 0 Å². The Labute approximate surface area is 61.4 Å². The molecule has 0 saturated heterocycles. The van der Waals surface area contributed by atoms with Gasteiger partial charge >= 0.3 is 8.03 Å². The third-order valence-corrected chi connectivity index (χ3v) is 0. The molecule has 0 aliphatic rings. The topological polar surface area (TPSA) is 37.3 Å². The average Bonchev–Trinajstić information content (AvgIpc) is 0.811. The molecule has 0 aromatic carbocycles. The SMILES string of the molecule is C[P+](=O)O.[Ca]. The summed E-state index contributed by atoms with van der Waals surface area (Å²) in [5.74, 6) is 0. The first-order valence-corrected chi connectivity index (χ1v) is 2.49. The number of hydrogen-bond donors (Lipinski definition) is 1. The summed E-state index contributed by atoms with van der Waals surface area (Å²) in [6, 6.07) is 0. The van der Waals surface area contributed by atoms with Crippen molar-refractivity contribution in [3.8, 4) is 0 Å². The van der Waals surface area contributed by atoms with E-state index in [-0.39, 0.29) is 37.7 Å². The first-order chi connectivity index (χ1) is 1.73. The third kappa shape index (κ3) is 33.7. The Morgan fingerprint density at radius 2 is 1.80 bits per heavy atom. The molecule has 0 saturated carbocycles. The maximum atomic E-state index is 9.15. The molecule has 1 atom stereocenters. The zero-order valence-corrected chi connectivity index (χ0v) is 6.11. The zero-order chi connectivity index (χ0) is 3.58. The van der Waals surface area contributed by atoms with Crippen LogP contribution in [0, 0.1) is 0 Å². The van der Waals surface area contributed by atoms with Gasteiger partial charge < -0.3 is 0 Å². The van der Waals surface area contributed by atoms with E-state index >= 15 is 0 Å². The van der Waals surface area contributed by atoms with E-state index in [2.05, 4.69) is 0 Å². The summed E-state index contributed by atoms with van der Waals surface area (Å²) in [6.45, 7) is 1.23. The second-order valence-corrected chi connectivity index (χ2v) is 1.39. The fourth-order valence-corrected chi connectivity index (χ4v) is 0. The Morgan fingerprint density at radius 1 is 1.80 bits per heavy atom. The molecule has 2 radical (unpaired) electrons. The molecule has 4 heteroatoms. The molecule has 0 heterocycles. The predicted molar refractivity (Wildman–Crippen MR) is 21.5 cm³/mol. The van der Waals surface area contributed by atoms with Crippen LogP contribution in [0.25, 0.3) is 0 Å². The standard InChI is InChI=1S/CH3O2P.Ca/c1-4(2)3;/h1H3;/p+1. The van der Waals surface area contributed by atoms with Crippen LogP contribution in [0.5, 0.6) is 0 Å². The van der Waals surface area contributed by atoms with Crippen molar-refractivity contribution >= 4 is 45.8 Å². The van der Waals surface area contributed by atoms with Crippen molar-refractivity contribution in [1.29, 1.82) is 0 Å². The van der Waals surface area contributed by atoms with Gasteiger partial charge in [0.05, 0.1) is 0 Å². The van der Waals surface area contributed by atoms with Gasteiger partial charge in [-0.3, -0.25) is 0 Å².